The fourth-order valence-electron chi connectivity index (χ4n) is 1.94. The number of hydrogen-bond acceptors (Lipinski definition) is 5. The van der Waals surface area contributed by atoms with Crippen LogP contribution in [0.1, 0.15) is 39.3 Å². The Kier molecular flexibility index (Phi) is 4.66. The van der Waals surface area contributed by atoms with Crippen LogP contribution in [0.15, 0.2) is 16.0 Å². The van der Waals surface area contributed by atoms with Crippen LogP contribution >= 0.6 is 11.8 Å². The van der Waals surface area contributed by atoms with Crippen LogP contribution < -0.4 is 10.9 Å². The number of nitrogens with one attached hydrogen (secondary N) is 2. The molecule has 0 bridgehead atoms. The summed E-state index contributed by atoms with van der Waals surface area (Å²) in [5.74, 6) is 0.755. The maximum atomic E-state index is 11.7. The Balaban J connectivity index is 2.29. The quantitative estimate of drug-likeness (QED) is 0.809. The second-order valence-corrected chi connectivity index (χ2v) is 6.31. The molecule has 0 aliphatic carbocycles. The van der Waals surface area contributed by atoms with Gasteiger partial charge in [0.25, 0.3) is 5.56 Å². The molecule has 7 nitrogen and oxygen atoms in total. The van der Waals surface area contributed by atoms with Gasteiger partial charge in [0.2, 0.25) is 11.7 Å². The van der Waals surface area contributed by atoms with Gasteiger partial charge in [0.15, 0.2) is 5.16 Å². The van der Waals surface area contributed by atoms with Crippen LogP contribution in [-0.4, -0.2) is 37.3 Å². The molecule has 0 radical (unpaired) electrons. The maximum Gasteiger partial charge on any atom is 0.252 e. The molecule has 1 amide bonds. The molecule has 0 aliphatic heterocycles. The zero-order valence-electron chi connectivity index (χ0n) is 12.5. The van der Waals surface area contributed by atoms with E-state index in [1.54, 1.807) is 10.5 Å². The number of carbonyl (C=O) groups is 1. The zero-order chi connectivity index (χ0) is 15.6. The van der Waals surface area contributed by atoms with Crippen LogP contribution in [0.3, 0.4) is 0 Å². The lowest BCUT2D eigenvalue weighted by Crippen LogP contribution is -2.31. The molecule has 0 unspecified atom stereocenters. The molecule has 0 aliphatic rings. The Labute approximate surface area is 126 Å². The number of fused-ring (bicyclic) bond motifs is 1. The van der Waals surface area contributed by atoms with Gasteiger partial charge >= 0.3 is 0 Å². The van der Waals surface area contributed by atoms with Gasteiger partial charge < -0.3 is 5.32 Å². The first-order valence-electron chi connectivity index (χ1n) is 6.79. The van der Waals surface area contributed by atoms with E-state index in [2.05, 4.69) is 20.5 Å². The van der Waals surface area contributed by atoms with E-state index in [9.17, 15) is 9.59 Å². The Morgan fingerprint density at radius 1 is 1.38 bits per heavy atom. The maximum absolute atomic E-state index is 11.7. The fraction of sp³-hybridized carbons (Fsp3) is 0.538. The largest absolute Gasteiger partial charge is 0.353 e. The van der Waals surface area contributed by atoms with Crippen LogP contribution in [0.5, 0.6) is 0 Å². The van der Waals surface area contributed by atoms with E-state index in [0.29, 0.717) is 10.9 Å². The van der Waals surface area contributed by atoms with Crippen molar-refractivity contribution in [3.05, 3.63) is 22.1 Å². The average molecular weight is 309 g/mol. The number of H-pyrrole nitrogens is 1. The van der Waals surface area contributed by atoms with Gasteiger partial charge in [0, 0.05) is 17.8 Å². The molecule has 8 heteroatoms. The van der Waals surface area contributed by atoms with Crippen LogP contribution in [-0.2, 0) is 4.79 Å². The van der Waals surface area contributed by atoms with Crippen molar-refractivity contribution >= 4 is 23.4 Å². The minimum atomic E-state index is -0.201. The minimum Gasteiger partial charge on any atom is -0.353 e. The monoisotopic (exact) mass is 309 g/mol. The van der Waals surface area contributed by atoms with E-state index < -0.39 is 0 Å². The van der Waals surface area contributed by atoms with Gasteiger partial charge in [0.05, 0.1) is 5.75 Å². The van der Waals surface area contributed by atoms with E-state index >= 15 is 0 Å². The number of aromatic nitrogens is 4. The SMILES string of the molecule is CC(C)NC(=O)CSc1nnc2[nH]c(=O)cc(C(C)C)n12. The van der Waals surface area contributed by atoms with Crippen LogP contribution in [0, 0.1) is 0 Å². The van der Waals surface area contributed by atoms with Crippen molar-refractivity contribution in [2.24, 2.45) is 0 Å². The molecule has 0 saturated heterocycles. The van der Waals surface area contributed by atoms with Gasteiger partial charge in [-0.05, 0) is 19.8 Å². The molecule has 2 rings (SSSR count). The lowest BCUT2D eigenvalue weighted by atomic mass is 10.1. The smallest absolute Gasteiger partial charge is 0.252 e. The van der Waals surface area contributed by atoms with Gasteiger partial charge in [-0.1, -0.05) is 25.6 Å². The Morgan fingerprint density at radius 2 is 2.10 bits per heavy atom. The second kappa shape index (κ2) is 6.30. The molecular formula is C13H19N5O2S. The molecule has 0 saturated carbocycles. The summed E-state index contributed by atoms with van der Waals surface area (Å²) < 4.78 is 1.79. The summed E-state index contributed by atoms with van der Waals surface area (Å²) in [6, 6.07) is 1.65. The highest BCUT2D eigenvalue weighted by Gasteiger charge is 2.15. The summed E-state index contributed by atoms with van der Waals surface area (Å²) in [5.41, 5.74) is 0.623. The van der Waals surface area contributed by atoms with E-state index in [1.165, 1.54) is 11.8 Å². The third kappa shape index (κ3) is 3.63. The summed E-state index contributed by atoms with van der Waals surface area (Å²) >= 11 is 1.30. The lowest BCUT2D eigenvalue weighted by Gasteiger charge is -2.10. The van der Waals surface area contributed by atoms with Gasteiger partial charge in [-0.25, -0.2) is 0 Å². The van der Waals surface area contributed by atoms with E-state index in [1.807, 2.05) is 27.7 Å². The van der Waals surface area contributed by atoms with Crippen molar-refractivity contribution in [3.63, 3.8) is 0 Å². The average Bonchev–Trinajstić information content (AvgIpc) is 2.77. The standard InChI is InChI=1S/C13H19N5O2S/c1-7(2)9-5-10(19)15-12-16-17-13(18(9)12)21-6-11(20)14-8(3)4/h5,7-8H,6H2,1-4H3,(H,14,20)(H,15,16,19). The summed E-state index contributed by atoms with van der Waals surface area (Å²) in [7, 11) is 0. The predicted molar refractivity (Wildman–Crippen MR) is 81.7 cm³/mol. The molecule has 0 fully saturated rings. The van der Waals surface area contributed by atoms with Crippen molar-refractivity contribution in [1.82, 2.24) is 24.9 Å². The number of amides is 1. The highest BCUT2D eigenvalue weighted by molar-refractivity contribution is 7.99. The summed E-state index contributed by atoms with van der Waals surface area (Å²) in [6.07, 6.45) is 0. The third-order valence-electron chi connectivity index (χ3n) is 2.78. The Hall–Kier alpha value is -1.83. The van der Waals surface area contributed by atoms with Crippen LogP contribution in [0.2, 0.25) is 0 Å². The number of carbonyl (C=O) groups excluding carboxylic acids is 1. The van der Waals surface area contributed by atoms with E-state index in [4.69, 9.17) is 0 Å². The Bertz CT molecular complexity index is 704. The van der Waals surface area contributed by atoms with E-state index in [0.717, 1.165) is 5.69 Å². The molecule has 2 aromatic heterocycles. The predicted octanol–water partition coefficient (Wildman–Crippen LogP) is 1.16. The van der Waals surface area contributed by atoms with Crippen molar-refractivity contribution in [2.75, 3.05) is 5.75 Å². The minimum absolute atomic E-state index is 0.0535. The summed E-state index contributed by atoms with van der Waals surface area (Å²) in [4.78, 5) is 26.0. The van der Waals surface area contributed by atoms with Crippen LogP contribution in [0.4, 0.5) is 0 Å². The first kappa shape index (κ1) is 15.6. The van der Waals surface area contributed by atoms with Crippen molar-refractivity contribution in [3.8, 4) is 0 Å². The molecule has 2 N–H and O–H groups in total. The fourth-order valence-corrected chi connectivity index (χ4v) is 2.70. The molecule has 0 spiro atoms. The number of nitrogens with zero attached hydrogens (tertiary/aromatic N) is 3. The summed E-state index contributed by atoms with van der Waals surface area (Å²) in [5, 5.41) is 11.4. The van der Waals surface area contributed by atoms with Gasteiger partial charge in [-0.3, -0.25) is 19.0 Å². The molecule has 2 heterocycles. The number of hydrogen-bond donors (Lipinski definition) is 2. The number of rotatable bonds is 5. The first-order valence-corrected chi connectivity index (χ1v) is 7.77. The zero-order valence-corrected chi connectivity index (χ0v) is 13.3. The van der Waals surface area contributed by atoms with Gasteiger partial charge in [0.1, 0.15) is 0 Å². The van der Waals surface area contributed by atoms with Crippen molar-refractivity contribution in [2.45, 2.75) is 44.8 Å². The first-order chi connectivity index (χ1) is 9.88. The highest BCUT2D eigenvalue weighted by Crippen LogP contribution is 2.21. The second-order valence-electron chi connectivity index (χ2n) is 5.37. The van der Waals surface area contributed by atoms with E-state index in [-0.39, 0.29) is 29.2 Å². The lowest BCUT2D eigenvalue weighted by molar-refractivity contribution is -0.119. The highest BCUT2D eigenvalue weighted by atomic mass is 32.2. The summed E-state index contributed by atoms with van der Waals surface area (Å²) in [6.45, 7) is 7.82. The molecule has 2 aromatic rings. The molecule has 0 aromatic carbocycles. The number of aromatic amines is 1. The molecule has 0 atom stereocenters. The van der Waals surface area contributed by atoms with Crippen molar-refractivity contribution < 1.29 is 4.79 Å². The topological polar surface area (TPSA) is 92.2 Å². The van der Waals surface area contributed by atoms with Gasteiger partial charge in [-0.2, -0.15) is 0 Å². The third-order valence-corrected chi connectivity index (χ3v) is 3.71. The van der Waals surface area contributed by atoms with Crippen LogP contribution in [0.25, 0.3) is 5.78 Å². The number of thioether (sulfide) groups is 1. The normalized spacial score (nSPS) is 11.5. The molecular weight excluding hydrogens is 290 g/mol. The molecule has 114 valence electrons. The Morgan fingerprint density at radius 3 is 2.71 bits per heavy atom. The van der Waals surface area contributed by atoms with Crippen molar-refractivity contribution in [1.29, 1.82) is 0 Å². The molecule has 21 heavy (non-hydrogen) atoms. The van der Waals surface area contributed by atoms with Gasteiger partial charge in [-0.15, -0.1) is 10.2 Å².